The SMILES string of the molecule is Cc1nsc(Sc2nc(N)cc(Br)n2)n1. The van der Waals surface area contributed by atoms with Crippen LogP contribution in [0.15, 0.2) is 20.2 Å². The fourth-order valence-corrected chi connectivity index (χ4v) is 2.91. The lowest BCUT2D eigenvalue weighted by Gasteiger charge is -1.98. The Hall–Kier alpha value is -0.730. The van der Waals surface area contributed by atoms with Gasteiger partial charge in [0.05, 0.1) is 0 Å². The van der Waals surface area contributed by atoms with Crippen LogP contribution in [0, 0.1) is 6.92 Å². The summed E-state index contributed by atoms with van der Waals surface area (Å²) >= 11 is 5.93. The summed E-state index contributed by atoms with van der Waals surface area (Å²) in [7, 11) is 0. The third-order valence-corrected chi connectivity index (χ3v) is 3.50. The number of hydrogen-bond donors (Lipinski definition) is 1. The molecule has 2 rings (SSSR count). The number of halogens is 1. The van der Waals surface area contributed by atoms with E-state index < -0.39 is 0 Å². The van der Waals surface area contributed by atoms with Crippen LogP contribution in [0.5, 0.6) is 0 Å². The summed E-state index contributed by atoms with van der Waals surface area (Å²) in [6.07, 6.45) is 0. The first kappa shape index (κ1) is 10.8. The number of anilines is 1. The number of nitrogens with zero attached hydrogens (tertiary/aromatic N) is 4. The molecule has 0 amide bonds. The number of nitrogens with two attached hydrogens (primary N) is 1. The fraction of sp³-hybridized carbons (Fsp3) is 0.143. The van der Waals surface area contributed by atoms with Crippen LogP contribution in [0.1, 0.15) is 5.82 Å². The molecule has 2 heterocycles. The van der Waals surface area contributed by atoms with Gasteiger partial charge in [0.25, 0.3) is 0 Å². The summed E-state index contributed by atoms with van der Waals surface area (Å²) in [6, 6.07) is 1.65. The van der Waals surface area contributed by atoms with Gasteiger partial charge in [-0.3, -0.25) is 0 Å². The molecular weight excluding hydrogens is 298 g/mol. The second-order valence-electron chi connectivity index (χ2n) is 2.61. The van der Waals surface area contributed by atoms with E-state index in [1.54, 1.807) is 6.07 Å². The standard InChI is InChI=1S/C7H6BrN5S2/c1-3-10-7(15-13-3)14-6-11-4(8)2-5(9)12-6/h2H,1H3,(H2,9,11,12). The molecule has 0 aliphatic heterocycles. The van der Waals surface area contributed by atoms with E-state index in [0.29, 0.717) is 15.6 Å². The predicted octanol–water partition coefficient (Wildman–Crippen LogP) is 2.13. The molecule has 78 valence electrons. The molecular formula is C7H6BrN5S2. The van der Waals surface area contributed by atoms with Crippen LogP contribution in [0.4, 0.5) is 5.82 Å². The molecule has 0 unspecified atom stereocenters. The predicted molar refractivity (Wildman–Crippen MR) is 62.9 cm³/mol. The molecule has 0 saturated carbocycles. The first-order valence-corrected chi connectivity index (χ1v) is 6.30. The van der Waals surface area contributed by atoms with E-state index in [9.17, 15) is 0 Å². The van der Waals surface area contributed by atoms with Crippen LogP contribution in [0.2, 0.25) is 0 Å². The normalized spacial score (nSPS) is 10.5. The highest BCUT2D eigenvalue weighted by Gasteiger charge is 2.07. The Kier molecular flexibility index (Phi) is 3.17. The highest BCUT2D eigenvalue weighted by molar-refractivity contribution is 9.10. The summed E-state index contributed by atoms with van der Waals surface area (Å²) in [4.78, 5) is 12.4. The number of aromatic nitrogens is 4. The van der Waals surface area contributed by atoms with E-state index >= 15 is 0 Å². The Morgan fingerprint density at radius 2 is 2.20 bits per heavy atom. The average molecular weight is 304 g/mol. The molecule has 0 aromatic carbocycles. The molecule has 5 nitrogen and oxygen atoms in total. The van der Waals surface area contributed by atoms with Crippen LogP contribution >= 0.6 is 39.2 Å². The summed E-state index contributed by atoms with van der Waals surface area (Å²) in [6.45, 7) is 1.84. The third-order valence-electron chi connectivity index (χ3n) is 1.38. The van der Waals surface area contributed by atoms with Gasteiger partial charge in [0.2, 0.25) is 0 Å². The monoisotopic (exact) mass is 303 g/mol. The molecule has 0 atom stereocenters. The molecule has 0 saturated heterocycles. The van der Waals surface area contributed by atoms with E-state index in [-0.39, 0.29) is 0 Å². The molecule has 2 aromatic rings. The second-order valence-corrected chi connectivity index (χ2v) is 5.39. The molecule has 0 bridgehead atoms. The maximum atomic E-state index is 5.59. The minimum atomic E-state index is 0.431. The van der Waals surface area contributed by atoms with Gasteiger partial charge in [0.1, 0.15) is 16.2 Å². The first-order chi connectivity index (χ1) is 7.13. The highest BCUT2D eigenvalue weighted by Crippen LogP contribution is 2.27. The smallest absolute Gasteiger partial charge is 0.197 e. The largest absolute Gasteiger partial charge is 0.384 e. The summed E-state index contributed by atoms with van der Waals surface area (Å²) in [5, 5.41) is 0.568. The van der Waals surface area contributed by atoms with Gasteiger partial charge >= 0.3 is 0 Å². The molecule has 15 heavy (non-hydrogen) atoms. The summed E-state index contributed by atoms with van der Waals surface area (Å²) in [5.74, 6) is 1.19. The summed E-state index contributed by atoms with van der Waals surface area (Å²) < 4.78 is 5.54. The number of hydrogen-bond acceptors (Lipinski definition) is 7. The van der Waals surface area contributed by atoms with Crippen LogP contribution in [0.25, 0.3) is 0 Å². The van der Waals surface area contributed by atoms with Gasteiger partial charge in [-0.1, -0.05) is 0 Å². The lowest BCUT2D eigenvalue weighted by atomic mass is 10.6. The number of rotatable bonds is 2. The van der Waals surface area contributed by atoms with Gasteiger partial charge in [0, 0.05) is 6.07 Å². The Morgan fingerprint density at radius 1 is 1.40 bits per heavy atom. The van der Waals surface area contributed by atoms with Crippen molar-refractivity contribution in [1.82, 2.24) is 19.3 Å². The van der Waals surface area contributed by atoms with Gasteiger partial charge < -0.3 is 5.73 Å². The molecule has 0 fully saturated rings. The van der Waals surface area contributed by atoms with Crippen molar-refractivity contribution < 1.29 is 0 Å². The van der Waals surface area contributed by atoms with Crippen molar-refractivity contribution in [3.63, 3.8) is 0 Å². The van der Waals surface area contributed by atoms with E-state index in [4.69, 9.17) is 5.73 Å². The highest BCUT2D eigenvalue weighted by atomic mass is 79.9. The zero-order valence-corrected chi connectivity index (χ0v) is 10.9. The topological polar surface area (TPSA) is 77.6 Å². The number of aryl methyl sites for hydroxylation is 1. The molecule has 0 aliphatic carbocycles. The fourth-order valence-electron chi connectivity index (χ4n) is 0.857. The molecule has 2 aromatic heterocycles. The average Bonchev–Trinajstić information content (AvgIpc) is 2.49. The van der Waals surface area contributed by atoms with Crippen LogP contribution in [-0.2, 0) is 0 Å². The molecule has 2 N–H and O–H groups in total. The van der Waals surface area contributed by atoms with Gasteiger partial charge in [-0.15, -0.1) is 0 Å². The van der Waals surface area contributed by atoms with Gasteiger partial charge in [-0.05, 0) is 46.1 Å². The third kappa shape index (κ3) is 2.86. The zero-order valence-electron chi connectivity index (χ0n) is 7.64. The van der Waals surface area contributed by atoms with Crippen LogP contribution < -0.4 is 5.73 Å². The Labute approximate surface area is 103 Å². The summed E-state index contributed by atoms with van der Waals surface area (Å²) in [5.41, 5.74) is 5.59. The van der Waals surface area contributed by atoms with Crippen molar-refractivity contribution in [2.45, 2.75) is 16.4 Å². The molecule has 8 heteroatoms. The number of nitrogen functional groups attached to an aromatic ring is 1. The molecule has 0 radical (unpaired) electrons. The Balaban J connectivity index is 2.24. The lowest BCUT2D eigenvalue weighted by molar-refractivity contribution is 0.954. The van der Waals surface area contributed by atoms with E-state index in [1.807, 2.05) is 6.92 Å². The van der Waals surface area contributed by atoms with Crippen molar-refractivity contribution >= 4 is 45.0 Å². The van der Waals surface area contributed by atoms with Crippen molar-refractivity contribution in [1.29, 1.82) is 0 Å². The van der Waals surface area contributed by atoms with Crippen molar-refractivity contribution in [3.05, 3.63) is 16.5 Å². The van der Waals surface area contributed by atoms with E-state index in [2.05, 4.69) is 35.3 Å². The second kappa shape index (κ2) is 4.42. The molecule has 0 aliphatic rings. The minimum absolute atomic E-state index is 0.431. The maximum Gasteiger partial charge on any atom is 0.197 e. The molecule has 0 spiro atoms. The van der Waals surface area contributed by atoms with E-state index in [0.717, 1.165) is 10.2 Å². The minimum Gasteiger partial charge on any atom is -0.384 e. The van der Waals surface area contributed by atoms with Gasteiger partial charge in [-0.2, -0.15) is 4.37 Å². The Bertz CT molecular complexity index is 466. The van der Waals surface area contributed by atoms with Crippen LogP contribution in [-0.4, -0.2) is 19.3 Å². The zero-order chi connectivity index (χ0) is 10.8. The lowest BCUT2D eigenvalue weighted by Crippen LogP contribution is -1.94. The van der Waals surface area contributed by atoms with Gasteiger partial charge in [0.15, 0.2) is 9.50 Å². The quantitative estimate of drug-likeness (QED) is 0.676. The van der Waals surface area contributed by atoms with Crippen molar-refractivity contribution in [2.75, 3.05) is 5.73 Å². The first-order valence-electron chi connectivity index (χ1n) is 3.92. The van der Waals surface area contributed by atoms with Crippen molar-refractivity contribution in [3.8, 4) is 0 Å². The maximum absolute atomic E-state index is 5.59. The Morgan fingerprint density at radius 3 is 2.80 bits per heavy atom. The van der Waals surface area contributed by atoms with E-state index in [1.165, 1.54) is 23.3 Å². The van der Waals surface area contributed by atoms with Crippen LogP contribution in [0.3, 0.4) is 0 Å². The van der Waals surface area contributed by atoms with Gasteiger partial charge in [-0.25, -0.2) is 15.0 Å². The van der Waals surface area contributed by atoms with Crippen molar-refractivity contribution in [2.24, 2.45) is 0 Å².